The van der Waals surface area contributed by atoms with Crippen molar-refractivity contribution in [3.63, 3.8) is 0 Å². The maximum atomic E-state index is 12.6. The SMILES string of the molecule is CC(C)(C)ONC(=O)CCCOc1ccc(F)cc1. The third kappa shape index (κ3) is 7.41. The van der Waals surface area contributed by atoms with E-state index >= 15 is 0 Å². The zero-order valence-corrected chi connectivity index (χ0v) is 11.5. The van der Waals surface area contributed by atoms with E-state index in [1.807, 2.05) is 20.8 Å². The molecule has 0 spiro atoms. The van der Waals surface area contributed by atoms with Gasteiger partial charge in [-0.1, -0.05) is 0 Å². The van der Waals surface area contributed by atoms with Crippen LogP contribution in [0.2, 0.25) is 0 Å². The van der Waals surface area contributed by atoms with Crippen LogP contribution < -0.4 is 10.2 Å². The second-order valence-electron chi connectivity index (χ2n) is 5.15. The number of carbonyl (C=O) groups excluding carboxylic acids is 1. The molecule has 0 saturated heterocycles. The first-order valence-corrected chi connectivity index (χ1v) is 6.22. The molecule has 4 nitrogen and oxygen atoms in total. The minimum atomic E-state index is -0.403. The van der Waals surface area contributed by atoms with Gasteiger partial charge in [-0.15, -0.1) is 0 Å². The quantitative estimate of drug-likeness (QED) is 0.638. The lowest BCUT2D eigenvalue weighted by atomic mass is 10.2. The van der Waals surface area contributed by atoms with Gasteiger partial charge in [-0.05, 0) is 51.5 Å². The van der Waals surface area contributed by atoms with Crippen molar-refractivity contribution < 1.29 is 18.8 Å². The van der Waals surface area contributed by atoms with Gasteiger partial charge in [0.2, 0.25) is 5.91 Å². The standard InChI is InChI=1S/C14H20FNO3/c1-14(2,3)19-16-13(17)5-4-10-18-12-8-6-11(15)7-9-12/h6-9H,4-5,10H2,1-3H3,(H,16,17). The lowest BCUT2D eigenvalue weighted by molar-refractivity contribution is -0.145. The number of halogens is 1. The molecule has 0 aromatic heterocycles. The Labute approximate surface area is 112 Å². The summed E-state index contributed by atoms with van der Waals surface area (Å²) in [7, 11) is 0. The number of hydrogen-bond donors (Lipinski definition) is 1. The van der Waals surface area contributed by atoms with Gasteiger partial charge in [-0.3, -0.25) is 9.63 Å². The summed E-state index contributed by atoms with van der Waals surface area (Å²) in [4.78, 5) is 16.5. The Balaban J connectivity index is 2.13. The number of rotatable bonds is 6. The average Bonchev–Trinajstić information content (AvgIpc) is 2.33. The molecule has 0 fully saturated rings. The molecule has 0 aliphatic rings. The molecule has 0 aliphatic heterocycles. The van der Waals surface area contributed by atoms with Crippen LogP contribution in [-0.4, -0.2) is 18.1 Å². The normalized spacial score (nSPS) is 11.2. The number of carbonyl (C=O) groups is 1. The fourth-order valence-electron chi connectivity index (χ4n) is 1.21. The molecule has 1 N–H and O–H groups in total. The highest BCUT2D eigenvalue weighted by Gasteiger charge is 2.12. The number of hydrogen-bond acceptors (Lipinski definition) is 3. The molecule has 0 aliphatic carbocycles. The molecule has 0 unspecified atom stereocenters. The fraction of sp³-hybridized carbons (Fsp3) is 0.500. The molecule has 0 bridgehead atoms. The van der Waals surface area contributed by atoms with E-state index in [0.29, 0.717) is 25.2 Å². The molecule has 0 atom stereocenters. The number of benzene rings is 1. The van der Waals surface area contributed by atoms with Crippen molar-refractivity contribution in [3.05, 3.63) is 30.1 Å². The van der Waals surface area contributed by atoms with Crippen LogP contribution in [0, 0.1) is 5.82 Å². The maximum absolute atomic E-state index is 12.6. The first-order valence-electron chi connectivity index (χ1n) is 6.22. The third-order valence-corrected chi connectivity index (χ3v) is 2.10. The van der Waals surface area contributed by atoms with Crippen LogP contribution in [0.15, 0.2) is 24.3 Å². The van der Waals surface area contributed by atoms with Gasteiger partial charge >= 0.3 is 0 Å². The van der Waals surface area contributed by atoms with Crippen molar-refractivity contribution in [3.8, 4) is 5.75 Å². The zero-order valence-electron chi connectivity index (χ0n) is 11.5. The van der Waals surface area contributed by atoms with Gasteiger partial charge in [-0.25, -0.2) is 9.87 Å². The number of ether oxygens (including phenoxy) is 1. The van der Waals surface area contributed by atoms with Gasteiger partial charge in [0, 0.05) is 6.42 Å². The Hall–Kier alpha value is -1.62. The highest BCUT2D eigenvalue weighted by atomic mass is 19.1. The molecular weight excluding hydrogens is 249 g/mol. The molecule has 0 radical (unpaired) electrons. The van der Waals surface area contributed by atoms with Crippen LogP contribution in [-0.2, 0) is 9.63 Å². The molecule has 19 heavy (non-hydrogen) atoms. The summed E-state index contributed by atoms with van der Waals surface area (Å²) in [5, 5.41) is 0. The third-order valence-electron chi connectivity index (χ3n) is 2.10. The minimum Gasteiger partial charge on any atom is -0.494 e. The van der Waals surface area contributed by atoms with E-state index in [4.69, 9.17) is 9.57 Å². The van der Waals surface area contributed by atoms with Crippen molar-refractivity contribution in [2.75, 3.05) is 6.61 Å². The van der Waals surface area contributed by atoms with Crippen molar-refractivity contribution >= 4 is 5.91 Å². The molecule has 106 valence electrons. The average molecular weight is 269 g/mol. The Bertz CT molecular complexity index is 398. The number of nitrogens with one attached hydrogen (secondary N) is 1. The number of hydroxylamine groups is 1. The van der Waals surface area contributed by atoms with E-state index < -0.39 is 5.60 Å². The van der Waals surface area contributed by atoms with E-state index in [-0.39, 0.29) is 11.7 Å². The van der Waals surface area contributed by atoms with Crippen LogP contribution in [0.3, 0.4) is 0 Å². The Morgan fingerprint density at radius 2 is 1.89 bits per heavy atom. The summed E-state index contributed by atoms with van der Waals surface area (Å²) in [5.41, 5.74) is 1.98. The predicted molar refractivity (Wildman–Crippen MR) is 70.1 cm³/mol. The Morgan fingerprint density at radius 1 is 1.26 bits per heavy atom. The van der Waals surface area contributed by atoms with Crippen molar-refractivity contribution in [1.82, 2.24) is 5.48 Å². The molecule has 1 rings (SSSR count). The van der Waals surface area contributed by atoms with Gasteiger partial charge in [-0.2, -0.15) is 0 Å². The van der Waals surface area contributed by atoms with E-state index in [1.54, 1.807) is 12.1 Å². The molecule has 0 heterocycles. The molecule has 0 saturated carbocycles. The van der Waals surface area contributed by atoms with Crippen molar-refractivity contribution in [2.45, 2.75) is 39.2 Å². The van der Waals surface area contributed by atoms with Crippen molar-refractivity contribution in [2.24, 2.45) is 0 Å². The molecular formula is C14H20FNO3. The van der Waals surface area contributed by atoms with Gasteiger partial charge in [0.15, 0.2) is 0 Å². The van der Waals surface area contributed by atoms with Crippen LogP contribution in [0.5, 0.6) is 5.75 Å². The Kier molecular flexibility index (Phi) is 5.76. The van der Waals surface area contributed by atoms with Crippen LogP contribution in [0.25, 0.3) is 0 Å². The van der Waals surface area contributed by atoms with Crippen LogP contribution >= 0.6 is 0 Å². The van der Waals surface area contributed by atoms with Crippen LogP contribution in [0.4, 0.5) is 4.39 Å². The van der Waals surface area contributed by atoms with Crippen molar-refractivity contribution in [1.29, 1.82) is 0 Å². The Morgan fingerprint density at radius 3 is 2.47 bits per heavy atom. The topological polar surface area (TPSA) is 47.6 Å². The summed E-state index contributed by atoms with van der Waals surface area (Å²) in [5.74, 6) is 0.108. The van der Waals surface area contributed by atoms with E-state index in [9.17, 15) is 9.18 Å². The first kappa shape index (κ1) is 15.4. The lowest BCUT2D eigenvalue weighted by Crippen LogP contribution is -2.33. The first-order chi connectivity index (χ1) is 8.87. The summed E-state index contributed by atoms with van der Waals surface area (Å²) < 4.78 is 18.0. The second kappa shape index (κ2) is 7.09. The fourth-order valence-corrected chi connectivity index (χ4v) is 1.21. The largest absolute Gasteiger partial charge is 0.494 e. The van der Waals surface area contributed by atoms with Gasteiger partial charge in [0.25, 0.3) is 0 Å². The van der Waals surface area contributed by atoms with E-state index in [2.05, 4.69) is 5.48 Å². The molecule has 1 aromatic rings. The second-order valence-corrected chi connectivity index (χ2v) is 5.15. The van der Waals surface area contributed by atoms with E-state index in [0.717, 1.165) is 0 Å². The minimum absolute atomic E-state index is 0.183. The van der Waals surface area contributed by atoms with Gasteiger partial charge < -0.3 is 4.74 Å². The van der Waals surface area contributed by atoms with E-state index in [1.165, 1.54) is 12.1 Å². The summed E-state index contributed by atoms with van der Waals surface area (Å²) >= 11 is 0. The molecule has 1 aromatic carbocycles. The van der Waals surface area contributed by atoms with Crippen LogP contribution in [0.1, 0.15) is 33.6 Å². The van der Waals surface area contributed by atoms with Gasteiger partial charge in [0.05, 0.1) is 12.2 Å². The molecule has 5 heteroatoms. The summed E-state index contributed by atoms with van der Waals surface area (Å²) in [6, 6.07) is 5.77. The summed E-state index contributed by atoms with van der Waals surface area (Å²) in [6.45, 7) is 5.95. The highest BCUT2D eigenvalue weighted by molar-refractivity contribution is 5.74. The smallest absolute Gasteiger partial charge is 0.243 e. The number of amides is 1. The van der Waals surface area contributed by atoms with Gasteiger partial charge in [0.1, 0.15) is 11.6 Å². The predicted octanol–water partition coefficient (Wildman–Crippen LogP) is 2.83. The lowest BCUT2D eigenvalue weighted by Gasteiger charge is -2.18. The monoisotopic (exact) mass is 269 g/mol. The summed E-state index contributed by atoms with van der Waals surface area (Å²) in [6.07, 6.45) is 0.883. The zero-order chi connectivity index (χ0) is 14.3. The highest BCUT2D eigenvalue weighted by Crippen LogP contribution is 2.11. The molecule has 1 amide bonds. The maximum Gasteiger partial charge on any atom is 0.243 e.